The molecule has 1 saturated carbocycles. The highest BCUT2D eigenvalue weighted by Crippen LogP contribution is 2.28. The van der Waals surface area contributed by atoms with E-state index in [4.69, 9.17) is 0 Å². The number of carboxylic acids is 1. The van der Waals surface area contributed by atoms with E-state index in [2.05, 4.69) is 47.0 Å². The fraction of sp³-hybridized carbons (Fsp3) is 0.533. The number of halogens is 1. The second-order valence-corrected chi connectivity index (χ2v) is 6.41. The minimum Gasteiger partial charge on any atom is -0.481 e. The van der Waals surface area contributed by atoms with E-state index in [0.29, 0.717) is 0 Å². The van der Waals surface area contributed by atoms with Gasteiger partial charge in [-0.3, -0.25) is 4.79 Å². The molecule has 1 aromatic rings. The fourth-order valence-electron chi connectivity index (χ4n) is 2.86. The molecule has 0 bridgehead atoms. The number of nitrogens with one attached hydrogen (secondary N) is 1. The molecule has 3 nitrogen and oxygen atoms in total. The Morgan fingerprint density at radius 3 is 2.74 bits per heavy atom. The Hall–Kier alpha value is -0.620. The van der Waals surface area contributed by atoms with Gasteiger partial charge in [0.05, 0.1) is 5.92 Å². The minimum absolute atomic E-state index is 0.0947. The Kier molecular flexibility index (Phi) is 5.21. The lowest BCUT2D eigenvalue weighted by Crippen LogP contribution is -2.43. The van der Waals surface area contributed by atoms with Crippen molar-refractivity contribution in [2.45, 2.75) is 44.7 Å². The Morgan fingerprint density at radius 2 is 2.05 bits per heavy atom. The normalized spacial score (nSPS) is 24.9. The third kappa shape index (κ3) is 3.69. The standard InChI is InChI=1S/C15H20INO2/c1-10(11-6-2-4-8-13(11)16)17-14-9-5-3-7-12(14)15(18)19/h2,4,6,8,10,12,14,17H,3,5,7,9H2,1H3,(H,18,19)/t10-,12?,14?/m0/s1. The number of hydrogen-bond donors (Lipinski definition) is 2. The zero-order valence-electron chi connectivity index (χ0n) is 11.1. The summed E-state index contributed by atoms with van der Waals surface area (Å²) in [7, 11) is 0. The van der Waals surface area contributed by atoms with E-state index in [9.17, 15) is 9.90 Å². The maximum absolute atomic E-state index is 11.3. The quantitative estimate of drug-likeness (QED) is 0.794. The van der Waals surface area contributed by atoms with E-state index in [1.165, 1.54) is 9.13 Å². The maximum atomic E-state index is 11.3. The minimum atomic E-state index is -0.660. The van der Waals surface area contributed by atoms with E-state index in [0.717, 1.165) is 25.7 Å². The van der Waals surface area contributed by atoms with E-state index in [1.807, 2.05) is 12.1 Å². The Morgan fingerprint density at radius 1 is 1.37 bits per heavy atom. The van der Waals surface area contributed by atoms with Gasteiger partial charge in [0.25, 0.3) is 0 Å². The zero-order chi connectivity index (χ0) is 13.8. The SMILES string of the molecule is C[C@H](NC1CCCCC1C(=O)O)c1ccccc1I. The molecular formula is C15H20INO2. The summed E-state index contributed by atoms with van der Waals surface area (Å²) in [6.07, 6.45) is 3.92. The van der Waals surface area contributed by atoms with Crippen LogP contribution < -0.4 is 5.32 Å². The summed E-state index contributed by atoms with van der Waals surface area (Å²) in [4.78, 5) is 11.3. The molecule has 2 unspecified atom stereocenters. The first-order chi connectivity index (χ1) is 9.09. The van der Waals surface area contributed by atoms with Gasteiger partial charge in [-0.15, -0.1) is 0 Å². The monoisotopic (exact) mass is 373 g/mol. The number of hydrogen-bond acceptors (Lipinski definition) is 2. The van der Waals surface area contributed by atoms with Gasteiger partial charge in [-0.1, -0.05) is 31.0 Å². The number of carbonyl (C=O) groups is 1. The molecule has 1 aliphatic carbocycles. The molecule has 1 aromatic carbocycles. The topological polar surface area (TPSA) is 49.3 Å². The third-order valence-corrected chi connectivity index (χ3v) is 4.90. The number of rotatable bonds is 4. The van der Waals surface area contributed by atoms with Crippen molar-refractivity contribution in [1.29, 1.82) is 0 Å². The summed E-state index contributed by atoms with van der Waals surface area (Å²) >= 11 is 2.33. The molecule has 0 amide bonds. The van der Waals surface area contributed by atoms with Gasteiger partial charge >= 0.3 is 5.97 Å². The van der Waals surface area contributed by atoms with Crippen LogP contribution in [0.2, 0.25) is 0 Å². The number of benzene rings is 1. The van der Waals surface area contributed by atoms with Crippen molar-refractivity contribution >= 4 is 28.6 Å². The highest BCUT2D eigenvalue weighted by molar-refractivity contribution is 14.1. The van der Waals surface area contributed by atoms with Crippen LogP contribution in [0.3, 0.4) is 0 Å². The van der Waals surface area contributed by atoms with Crippen LogP contribution >= 0.6 is 22.6 Å². The van der Waals surface area contributed by atoms with Gasteiger partial charge in [-0.05, 0) is 54.0 Å². The second kappa shape index (κ2) is 6.70. The van der Waals surface area contributed by atoms with Crippen molar-refractivity contribution in [1.82, 2.24) is 5.32 Å². The van der Waals surface area contributed by atoms with E-state index >= 15 is 0 Å². The molecular weight excluding hydrogens is 353 g/mol. The molecule has 2 rings (SSSR count). The van der Waals surface area contributed by atoms with E-state index in [1.54, 1.807) is 0 Å². The summed E-state index contributed by atoms with van der Waals surface area (Å²) in [6.45, 7) is 2.12. The first-order valence-corrected chi connectivity index (χ1v) is 7.90. The van der Waals surface area contributed by atoms with Gasteiger partial charge in [-0.25, -0.2) is 0 Å². The average molecular weight is 373 g/mol. The predicted octanol–water partition coefficient (Wildman–Crippen LogP) is 3.59. The van der Waals surface area contributed by atoms with Crippen LogP contribution in [-0.4, -0.2) is 17.1 Å². The third-order valence-electron chi connectivity index (χ3n) is 3.92. The molecule has 0 aromatic heterocycles. The molecule has 0 radical (unpaired) electrons. The van der Waals surface area contributed by atoms with Crippen LogP contribution in [0.4, 0.5) is 0 Å². The first-order valence-electron chi connectivity index (χ1n) is 6.83. The summed E-state index contributed by atoms with van der Waals surface area (Å²) in [5.41, 5.74) is 1.25. The Bertz CT molecular complexity index is 450. The highest BCUT2D eigenvalue weighted by atomic mass is 127. The smallest absolute Gasteiger partial charge is 0.308 e. The van der Waals surface area contributed by atoms with E-state index < -0.39 is 5.97 Å². The number of aliphatic carboxylic acids is 1. The zero-order valence-corrected chi connectivity index (χ0v) is 13.3. The molecule has 0 heterocycles. The van der Waals surface area contributed by atoms with Gasteiger partial charge in [0.15, 0.2) is 0 Å². The molecule has 19 heavy (non-hydrogen) atoms. The second-order valence-electron chi connectivity index (χ2n) is 5.25. The Labute approximate surface area is 127 Å². The van der Waals surface area contributed by atoms with Crippen LogP contribution in [0.1, 0.15) is 44.2 Å². The van der Waals surface area contributed by atoms with Gasteiger partial charge in [0.2, 0.25) is 0 Å². The summed E-state index contributed by atoms with van der Waals surface area (Å²) < 4.78 is 1.22. The average Bonchev–Trinajstić information content (AvgIpc) is 2.39. The molecule has 104 valence electrons. The van der Waals surface area contributed by atoms with Crippen molar-refractivity contribution in [2.24, 2.45) is 5.92 Å². The van der Waals surface area contributed by atoms with Crippen molar-refractivity contribution < 1.29 is 9.90 Å². The van der Waals surface area contributed by atoms with Crippen molar-refractivity contribution in [3.05, 3.63) is 33.4 Å². The molecule has 4 heteroatoms. The molecule has 1 fully saturated rings. The van der Waals surface area contributed by atoms with Gasteiger partial charge in [-0.2, -0.15) is 0 Å². The van der Waals surface area contributed by atoms with Crippen molar-refractivity contribution in [3.63, 3.8) is 0 Å². The lowest BCUT2D eigenvalue weighted by Gasteiger charge is -2.32. The van der Waals surface area contributed by atoms with Crippen molar-refractivity contribution in [2.75, 3.05) is 0 Å². The summed E-state index contributed by atoms with van der Waals surface area (Å²) in [6, 6.07) is 8.54. The molecule has 0 aliphatic heterocycles. The molecule has 2 N–H and O–H groups in total. The van der Waals surface area contributed by atoms with Crippen LogP contribution in [0.5, 0.6) is 0 Å². The van der Waals surface area contributed by atoms with Crippen LogP contribution in [-0.2, 0) is 4.79 Å². The van der Waals surface area contributed by atoms with Crippen LogP contribution in [0.15, 0.2) is 24.3 Å². The van der Waals surface area contributed by atoms with Crippen molar-refractivity contribution in [3.8, 4) is 0 Å². The lowest BCUT2D eigenvalue weighted by atomic mass is 9.84. The molecule has 0 saturated heterocycles. The predicted molar refractivity (Wildman–Crippen MR) is 84.1 cm³/mol. The molecule has 1 aliphatic rings. The summed E-state index contributed by atoms with van der Waals surface area (Å²) in [5.74, 6) is -0.898. The van der Waals surface area contributed by atoms with Gasteiger partial charge in [0.1, 0.15) is 0 Å². The van der Waals surface area contributed by atoms with E-state index in [-0.39, 0.29) is 18.0 Å². The van der Waals surface area contributed by atoms with Gasteiger partial charge < -0.3 is 10.4 Å². The van der Waals surface area contributed by atoms with Gasteiger partial charge in [0, 0.05) is 15.7 Å². The Balaban J connectivity index is 2.07. The lowest BCUT2D eigenvalue weighted by molar-refractivity contribution is -0.143. The molecule has 3 atom stereocenters. The summed E-state index contributed by atoms with van der Waals surface area (Å²) in [5, 5.41) is 12.8. The van der Waals surface area contributed by atoms with Crippen LogP contribution in [0, 0.1) is 9.49 Å². The molecule has 0 spiro atoms. The maximum Gasteiger partial charge on any atom is 0.308 e. The highest BCUT2D eigenvalue weighted by Gasteiger charge is 2.31. The fourth-order valence-corrected chi connectivity index (χ4v) is 3.72. The van der Waals surface area contributed by atoms with Crippen LogP contribution in [0.25, 0.3) is 0 Å². The largest absolute Gasteiger partial charge is 0.481 e. The first kappa shape index (κ1) is 14.8. The number of carboxylic acid groups (broad SMARTS) is 1.